The summed E-state index contributed by atoms with van der Waals surface area (Å²) in [6.45, 7) is 8.21. The lowest BCUT2D eigenvalue weighted by atomic mass is 9.87. The highest BCUT2D eigenvalue weighted by Gasteiger charge is 2.41. The highest BCUT2D eigenvalue weighted by Crippen LogP contribution is 2.40. The number of phenolic OH excluding ortho intramolecular Hbond substituents is 1. The summed E-state index contributed by atoms with van der Waals surface area (Å²) in [5, 5.41) is 14.7. The summed E-state index contributed by atoms with van der Waals surface area (Å²) in [5.41, 5.74) is 2.21. The molecule has 2 aliphatic heterocycles. The lowest BCUT2D eigenvalue weighted by Crippen LogP contribution is -2.56. The number of hydrogen-bond donors (Lipinski definition) is 2. The molecule has 0 aliphatic carbocycles. The van der Waals surface area contributed by atoms with Crippen LogP contribution in [0.5, 0.6) is 17.2 Å². The van der Waals surface area contributed by atoms with Crippen LogP contribution < -0.4 is 14.8 Å². The number of aliphatic imine (C=N–C) groups is 1. The molecule has 0 bridgehead atoms. The van der Waals surface area contributed by atoms with Gasteiger partial charge in [-0.3, -0.25) is 10.3 Å². The van der Waals surface area contributed by atoms with Gasteiger partial charge in [-0.15, -0.1) is 0 Å². The van der Waals surface area contributed by atoms with Crippen molar-refractivity contribution < 1.29 is 24.1 Å². The van der Waals surface area contributed by atoms with E-state index in [4.69, 9.17) is 19.2 Å². The van der Waals surface area contributed by atoms with E-state index in [9.17, 15) is 9.90 Å². The molecule has 2 aromatic carbocycles. The lowest BCUT2D eigenvalue weighted by Gasteiger charge is -2.45. The van der Waals surface area contributed by atoms with E-state index in [1.807, 2.05) is 57.2 Å². The fourth-order valence-corrected chi connectivity index (χ4v) is 4.81. The Morgan fingerprint density at radius 1 is 1.06 bits per heavy atom. The van der Waals surface area contributed by atoms with Gasteiger partial charge in [-0.1, -0.05) is 12.1 Å². The maximum Gasteiger partial charge on any atom is 0.409 e. The Hall–Kier alpha value is -3.26. The molecule has 188 valence electrons. The summed E-state index contributed by atoms with van der Waals surface area (Å²) in [6.07, 6.45) is 1.62. The number of aromatic hydroxyl groups is 1. The van der Waals surface area contributed by atoms with Crippen LogP contribution in [0.3, 0.4) is 0 Å². The second-order valence-corrected chi connectivity index (χ2v) is 8.76. The third kappa shape index (κ3) is 5.53. The molecule has 8 nitrogen and oxygen atoms in total. The minimum Gasteiger partial charge on any atom is -0.504 e. The van der Waals surface area contributed by atoms with Crippen LogP contribution in [0.2, 0.25) is 0 Å². The molecule has 0 aromatic heterocycles. The van der Waals surface area contributed by atoms with E-state index in [0.29, 0.717) is 57.9 Å². The van der Waals surface area contributed by atoms with Crippen molar-refractivity contribution in [2.45, 2.75) is 51.7 Å². The molecule has 1 fully saturated rings. The average Bonchev–Trinajstić information content (AvgIpc) is 2.86. The zero-order valence-corrected chi connectivity index (χ0v) is 20.8. The van der Waals surface area contributed by atoms with Gasteiger partial charge in [-0.05, 0) is 56.7 Å². The van der Waals surface area contributed by atoms with Gasteiger partial charge in [0.15, 0.2) is 11.5 Å². The topological polar surface area (TPSA) is 92.6 Å². The maximum atomic E-state index is 12.3. The first-order valence-corrected chi connectivity index (χ1v) is 12.4. The van der Waals surface area contributed by atoms with Gasteiger partial charge >= 0.3 is 6.09 Å². The van der Waals surface area contributed by atoms with Crippen LogP contribution in [-0.2, 0) is 4.74 Å². The van der Waals surface area contributed by atoms with Gasteiger partial charge in [-0.2, -0.15) is 0 Å². The highest BCUT2D eigenvalue weighted by molar-refractivity contribution is 6.02. The van der Waals surface area contributed by atoms with E-state index in [2.05, 4.69) is 5.32 Å². The molecule has 2 aliphatic rings. The Kier molecular flexibility index (Phi) is 7.80. The Balaban J connectivity index is 1.66. The Morgan fingerprint density at radius 3 is 2.43 bits per heavy atom. The number of amides is 1. The summed E-state index contributed by atoms with van der Waals surface area (Å²) in [6, 6.07) is 13.4. The predicted octanol–water partition coefficient (Wildman–Crippen LogP) is 4.66. The zero-order chi connectivity index (χ0) is 24.8. The smallest absolute Gasteiger partial charge is 0.409 e. The molecule has 1 atom stereocenters. The third-order valence-corrected chi connectivity index (χ3v) is 6.51. The van der Waals surface area contributed by atoms with E-state index in [0.717, 1.165) is 22.6 Å². The van der Waals surface area contributed by atoms with E-state index >= 15 is 0 Å². The van der Waals surface area contributed by atoms with Crippen LogP contribution in [0, 0.1) is 0 Å². The molecule has 35 heavy (non-hydrogen) atoms. The van der Waals surface area contributed by atoms with Gasteiger partial charge in [0.2, 0.25) is 0 Å². The highest BCUT2D eigenvalue weighted by atomic mass is 16.6. The van der Waals surface area contributed by atoms with Crippen molar-refractivity contribution in [2.75, 3.05) is 32.9 Å². The number of carbonyl (C=O) groups excluding carboxylic acids is 1. The van der Waals surface area contributed by atoms with E-state index in [1.54, 1.807) is 11.0 Å². The van der Waals surface area contributed by atoms with Gasteiger partial charge in [0.1, 0.15) is 11.4 Å². The molecule has 0 radical (unpaired) electrons. The molecule has 1 unspecified atom stereocenters. The standard InChI is InChI=1S/C27H35N3O5/c1-4-33-20-12-10-19(11-13-20)22-18-23(21-8-7-9-24(25(21)31)34-5-2)29-27(28-22)14-16-30(17-15-27)26(32)35-6-3/h7-13,23,29,31H,4-6,14-18H2,1-3H3. The van der Waals surface area contributed by atoms with Gasteiger partial charge < -0.3 is 24.2 Å². The predicted molar refractivity (Wildman–Crippen MR) is 134 cm³/mol. The summed E-state index contributed by atoms with van der Waals surface area (Å²) in [7, 11) is 0. The van der Waals surface area contributed by atoms with Crippen molar-refractivity contribution in [3.63, 3.8) is 0 Å². The Morgan fingerprint density at radius 2 is 1.77 bits per heavy atom. The SMILES string of the molecule is CCOC(=O)N1CCC2(CC1)N=C(c1ccc(OCC)cc1)CC(c1cccc(OCC)c1O)N2. The van der Waals surface area contributed by atoms with Crippen molar-refractivity contribution in [2.24, 2.45) is 4.99 Å². The monoisotopic (exact) mass is 481 g/mol. The molecule has 1 saturated heterocycles. The van der Waals surface area contributed by atoms with Crippen molar-refractivity contribution in [3.8, 4) is 17.2 Å². The minimum atomic E-state index is -0.548. The third-order valence-electron chi connectivity index (χ3n) is 6.51. The maximum absolute atomic E-state index is 12.3. The molecular formula is C27H35N3O5. The first kappa shape index (κ1) is 24.9. The number of rotatable bonds is 7. The molecule has 2 N–H and O–H groups in total. The van der Waals surface area contributed by atoms with Crippen LogP contribution in [0.4, 0.5) is 4.79 Å². The van der Waals surface area contributed by atoms with Crippen LogP contribution in [0.25, 0.3) is 0 Å². The summed E-state index contributed by atoms with van der Waals surface area (Å²) >= 11 is 0. The number of nitrogens with zero attached hydrogens (tertiary/aromatic N) is 2. The second kappa shape index (κ2) is 11.0. The molecule has 2 heterocycles. The Labute approximate surface area is 206 Å². The normalized spacial score (nSPS) is 19.2. The van der Waals surface area contributed by atoms with Crippen molar-refractivity contribution >= 4 is 11.8 Å². The van der Waals surface area contributed by atoms with Crippen molar-refractivity contribution in [1.29, 1.82) is 0 Å². The summed E-state index contributed by atoms with van der Waals surface area (Å²) in [5.74, 6) is 1.45. The minimum absolute atomic E-state index is 0.152. The number of likely N-dealkylation sites (tertiary alicyclic amines) is 1. The van der Waals surface area contributed by atoms with Crippen LogP contribution in [-0.4, -0.2) is 60.4 Å². The lowest BCUT2D eigenvalue weighted by molar-refractivity contribution is 0.0778. The summed E-state index contributed by atoms with van der Waals surface area (Å²) in [4.78, 5) is 19.2. The number of piperidine rings is 1. The summed E-state index contributed by atoms with van der Waals surface area (Å²) < 4.78 is 16.4. The fraction of sp³-hybridized carbons (Fsp3) is 0.481. The molecule has 8 heteroatoms. The van der Waals surface area contributed by atoms with E-state index in [1.165, 1.54) is 0 Å². The molecule has 0 saturated carbocycles. The zero-order valence-electron chi connectivity index (χ0n) is 20.8. The largest absolute Gasteiger partial charge is 0.504 e. The molecule has 1 amide bonds. The number of benzene rings is 2. The van der Waals surface area contributed by atoms with Crippen molar-refractivity contribution in [1.82, 2.24) is 10.2 Å². The van der Waals surface area contributed by atoms with Crippen LogP contribution in [0.1, 0.15) is 57.2 Å². The van der Waals surface area contributed by atoms with Gasteiger partial charge in [-0.25, -0.2) is 4.79 Å². The molecule has 4 rings (SSSR count). The van der Waals surface area contributed by atoms with Crippen molar-refractivity contribution in [3.05, 3.63) is 53.6 Å². The number of carbonyl (C=O) groups is 1. The van der Waals surface area contributed by atoms with Gasteiger partial charge in [0, 0.05) is 49.7 Å². The first-order valence-electron chi connectivity index (χ1n) is 12.4. The average molecular weight is 482 g/mol. The molecular weight excluding hydrogens is 446 g/mol. The van der Waals surface area contributed by atoms with Gasteiger partial charge in [0.05, 0.1) is 19.8 Å². The molecule has 1 spiro atoms. The van der Waals surface area contributed by atoms with Crippen LogP contribution in [0.15, 0.2) is 47.5 Å². The number of nitrogens with one attached hydrogen (secondary N) is 1. The van der Waals surface area contributed by atoms with E-state index < -0.39 is 5.66 Å². The number of para-hydroxylation sites is 1. The van der Waals surface area contributed by atoms with Crippen LogP contribution >= 0.6 is 0 Å². The fourth-order valence-electron chi connectivity index (χ4n) is 4.81. The number of phenols is 1. The Bertz CT molecular complexity index is 1050. The second-order valence-electron chi connectivity index (χ2n) is 8.76. The number of hydrogen-bond acceptors (Lipinski definition) is 7. The quantitative estimate of drug-likeness (QED) is 0.598. The number of ether oxygens (including phenoxy) is 3. The molecule has 2 aromatic rings. The van der Waals surface area contributed by atoms with Gasteiger partial charge in [0.25, 0.3) is 0 Å². The first-order chi connectivity index (χ1) is 17.0. The van der Waals surface area contributed by atoms with E-state index in [-0.39, 0.29) is 17.9 Å².